The van der Waals surface area contributed by atoms with E-state index in [4.69, 9.17) is 9.47 Å². The number of ether oxygens (including phenoxy) is 2. The Kier molecular flexibility index (Phi) is 4.59. The third-order valence-corrected chi connectivity index (χ3v) is 4.03. The van der Waals surface area contributed by atoms with Crippen LogP contribution in [0.3, 0.4) is 0 Å². The van der Waals surface area contributed by atoms with Gasteiger partial charge in [0.05, 0.1) is 30.3 Å². The van der Waals surface area contributed by atoms with E-state index in [-0.39, 0.29) is 5.82 Å². The summed E-state index contributed by atoms with van der Waals surface area (Å²) < 4.78 is 24.6. The van der Waals surface area contributed by atoms with E-state index in [2.05, 4.69) is 25.3 Å². The molecule has 0 unspecified atom stereocenters. The number of benzene rings is 1. The fraction of sp³-hybridized carbons (Fsp3) is 0.278. The van der Waals surface area contributed by atoms with Gasteiger partial charge in [-0.15, -0.1) is 0 Å². The highest BCUT2D eigenvalue weighted by Gasteiger charge is 2.24. The Hall–Kier alpha value is -2.84. The summed E-state index contributed by atoms with van der Waals surface area (Å²) in [6.45, 7) is 1.23. The molecule has 1 aromatic carbocycles. The number of aromatic nitrogens is 4. The number of halogens is 1. The van der Waals surface area contributed by atoms with Gasteiger partial charge in [-0.05, 0) is 36.8 Å². The average molecular weight is 355 g/mol. The van der Waals surface area contributed by atoms with E-state index >= 15 is 0 Å². The Morgan fingerprint density at radius 2 is 1.88 bits per heavy atom. The molecule has 0 atom stereocenters. The highest BCUT2D eigenvalue weighted by molar-refractivity contribution is 5.77. The number of hydrogen-bond acceptors (Lipinski definition) is 6. The molecule has 4 rings (SSSR count). The van der Waals surface area contributed by atoms with Gasteiger partial charge in [0.15, 0.2) is 5.82 Å². The zero-order chi connectivity index (χ0) is 17.9. The maximum absolute atomic E-state index is 13.3. The van der Waals surface area contributed by atoms with Crippen LogP contribution < -0.4 is 5.32 Å². The van der Waals surface area contributed by atoms with Crippen molar-refractivity contribution in [1.82, 2.24) is 19.9 Å². The second-order valence-corrected chi connectivity index (χ2v) is 5.80. The predicted molar refractivity (Wildman–Crippen MR) is 93.8 cm³/mol. The molecular weight excluding hydrogens is 337 g/mol. The van der Waals surface area contributed by atoms with Gasteiger partial charge in [-0.2, -0.15) is 0 Å². The lowest BCUT2D eigenvalue weighted by Gasteiger charge is -2.21. The molecule has 0 aliphatic carbocycles. The van der Waals surface area contributed by atoms with Gasteiger partial charge in [0.1, 0.15) is 5.82 Å². The van der Waals surface area contributed by atoms with Gasteiger partial charge in [-0.3, -0.25) is 0 Å². The largest absolute Gasteiger partial charge is 0.357 e. The molecule has 2 N–H and O–H groups in total. The maximum Gasteiger partial charge on any atom is 0.222 e. The summed E-state index contributed by atoms with van der Waals surface area (Å²) in [4.78, 5) is 16.5. The van der Waals surface area contributed by atoms with Crippen LogP contribution >= 0.6 is 0 Å². The minimum Gasteiger partial charge on any atom is -0.357 e. The van der Waals surface area contributed by atoms with Crippen molar-refractivity contribution < 1.29 is 13.9 Å². The molecule has 3 aromatic rings. The topological polar surface area (TPSA) is 85.0 Å². The molecule has 1 aliphatic rings. The Balaban J connectivity index is 1.81. The van der Waals surface area contributed by atoms with Crippen molar-refractivity contribution in [3.8, 4) is 22.6 Å². The molecule has 1 aliphatic heterocycles. The van der Waals surface area contributed by atoms with Gasteiger partial charge in [0.2, 0.25) is 12.2 Å². The number of anilines is 1. The van der Waals surface area contributed by atoms with Crippen molar-refractivity contribution in [2.45, 2.75) is 12.7 Å². The molecule has 134 valence electrons. The highest BCUT2D eigenvalue weighted by atomic mass is 19.1. The molecule has 3 heterocycles. The second kappa shape index (κ2) is 7.19. The number of nitrogens with one attached hydrogen (secondary N) is 2. The lowest BCUT2D eigenvalue weighted by atomic mass is 10.1. The number of imidazole rings is 1. The smallest absolute Gasteiger partial charge is 0.222 e. The molecule has 0 spiro atoms. The van der Waals surface area contributed by atoms with Crippen molar-refractivity contribution in [3.63, 3.8) is 0 Å². The Labute approximate surface area is 149 Å². The molecule has 0 amide bonds. The number of hydrogen-bond donors (Lipinski definition) is 2. The molecule has 0 bridgehead atoms. The molecule has 1 saturated heterocycles. The van der Waals surface area contributed by atoms with Gasteiger partial charge in [-0.25, -0.2) is 19.3 Å². The zero-order valence-corrected chi connectivity index (χ0v) is 14.2. The third-order valence-electron chi connectivity index (χ3n) is 4.03. The Bertz CT molecular complexity index is 891. The van der Waals surface area contributed by atoms with Crippen molar-refractivity contribution in [2.24, 2.45) is 0 Å². The minimum absolute atomic E-state index is 0.301. The SMILES string of the molecule is CNc1nccc(-c2[nH]c(C3OCCCO3)nc2-c2ccc(F)cc2)n1. The van der Waals surface area contributed by atoms with E-state index in [0.717, 1.165) is 12.0 Å². The number of nitrogens with zero attached hydrogens (tertiary/aromatic N) is 3. The maximum atomic E-state index is 13.3. The van der Waals surface area contributed by atoms with Crippen LogP contribution in [0.4, 0.5) is 10.3 Å². The summed E-state index contributed by atoms with van der Waals surface area (Å²) >= 11 is 0. The van der Waals surface area contributed by atoms with Crippen LogP contribution in [0.2, 0.25) is 0 Å². The van der Waals surface area contributed by atoms with E-state index in [1.165, 1.54) is 12.1 Å². The van der Waals surface area contributed by atoms with Crippen LogP contribution in [0, 0.1) is 5.82 Å². The molecule has 8 heteroatoms. The van der Waals surface area contributed by atoms with Crippen molar-refractivity contribution in [2.75, 3.05) is 25.6 Å². The van der Waals surface area contributed by atoms with Gasteiger partial charge in [-0.1, -0.05) is 0 Å². The Morgan fingerprint density at radius 1 is 1.12 bits per heavy atom. The van der Waals surface area contributed by atoms with Crippen LogP contribution in [-0.4, -0.2) is 40.2 Å². The lowest BCUT2D eigenvalue weighted by Crippen LogP contribution is -2.18. The van der Waals surface area contributed by atoms with E-state index in [1.54, 1.807) is 31.4 Å². The van der Waals surface area contributed by atoms with Crippen molar-refractivity contribution in [1.29, 1.82) is 0 Å². The normalized spacial score (nSPS) is 15.2. The quantitative estimate of drug-likeness (QED) is 0.748. The minimum atomic E-state index is -0.553. The van der Waals surface area contributed by atoms with E-state index in [0.29, 0.717) is 42.1 Å². The van der Waals surface area contributed by atoms with Crippen LogP contribution in [0.1, 0.15) is 18.5 Å². The first-order valence-electron chi connectivity index (χ1n) is 8.35. The first-order valence-corrected chi connectivity index (χ1v) is 8.35. The third kappa shape index (κ3) is 3.29. The fourth-order valence-corrected chi connectivity index (χ4v) is 2.77. The average Bonchev–Trinajstić information content (AvgIpc) is 3.15. The van der Waals surface area contributed by atoms with E-state index < -0.39 is 6.29 Å². The summed E-state index contributed by atoms with van der Waals surface area (Å²) in [7, 11) is 1.75. The molecule has 0 saturated carbocycles. The van der Waals surface area contributed by atoms with Crippen LogP contribution in [0.15, 0.2) is 36.5 Å². The number of aromatic amines is 1. The summed E-state index contributed by atoms with van der Waals surface area (Å²) in [5, 5.41) is 2.92. The number of H-pyrrole nitrogens is 1. The molecule has 2 aromatic heterocycles. The zero-order valence-electron chi connectivity index (χ0n) is 14.2. The molecule has 1 fully saturated rings. The standard InChI is InChI=1S/C18H18FN5O2/c1-20-18-21-8-7-13(22-18)15-14(11-3-5-12(19)6-4-11)23-16(24-15)17-25-9-2-10-26-17/h3-8,17H,2,9-10H2,1H3,(H,23,24)(H,20,21,22). The van der Waals surface area contributed by atoms with Crippen LogP contribution in [0.5, 0.6) is 0 Å². The first-order chi connectivity index (χ1) is 12.7. The number of rotatable bonds is 4. The van der Waals surface area contributed by atoms with E-state index in [1.807, 2.05) is 0 Å². The van der Waals surface area contributed by atoms with Gasteiger partial charge >= 0.3 is 0 Å². The van der Waals surface area contributed by atoms with Crippen molar-refractivity contribution >= 4 is 5.95 Å². The summed E-state index contributed by atoms with van der Waals surface area (Å²) in [6, 6.07) is 7.96. The molecule has 7 nitrogen and oxygen atoms in total. The van der Waals surface area contributed by atoms with Gasteiger partial charge < -0.3 is 19.8 Å². The molecule has 26 heavy (non-hydrogen) atoms. The van der Waals surface area contributed by atoms with Crippen LogP contribution in [-0.2, 0) is 9.47 Å². The second-order valence-electron chi connectivity index (χ2n) is 5.80. The molecule has 0 radical (unpaired) electrons. The summed E-state index contributed by atoms with van der Waals surface area (Å²) in [5.74, 6) is 0.752. The summed E-state index contributed by atoms with van der Waals surface area (Å²) in [5.41, 5.74) is 2.78. The fourth-order valence-electron chi connectivity index (χ4n) is 2.77. The highest BCUT2D eigenvalue weighted by Crippen LogP contribution is 2.32. The lowest BCUT2D eigenvalue weighted by molar-refractivity contribution is -0.186. The molecular formula is C18H18FN5O2. The summed E-state index contributed by atoms with van der Waals surface area (Å²) in [6.07, 6.45) is 1.96. The van der Waals surface area contributed by atoms with Crippen LogP contribution in [0.25, 0.3) is 22.6 Å². The predicted octanol–water partition coefficient (Wildman–Crippen LogP) is 3.15. The van der Waals surface area contributed by atoms with Gasteiger partial charge in [0.25, 0.3) is 0 Å². The van der Waals surface area contributed by atoms with E-state index in [9.17, 15) is 4.39 Å². The first kappa shape index (κ1) is 16.6. The van der Waals surface area contributed by atoms with Gasteiger partial charge in [0, 0.05) is 18.8 Å². The monoisotopic (exact) mass is 355 g/mol. The Morgan fingerprint density at radius 3 is 2.62 bits per heavy atom. The van der Waals surface area contributed by atoms with Crippen molar-refractivity contribution in [3.05, 3.63) is 48.2 Å².